The number of fused-ring (bicyclic) bond motifs is 1. The normalized spacial score (nSPS) is 18.0. The van der Waals surface area contributed by atoms with Crippen LogP contribution in [0.1, 0.15) is 47.1 Å². The topological polar surface area (TPSA) is 97.0 Å². The Bertz CT molecular complexity index is 1050. The number of hydrogen-bond donors (Lipinski definition) is 2. The quantitative estimate of drug-likeness (QED) is 0.740. The minimum atomic E-state index is -0.535. The molecule has 140 valence electrons. The first kappa shape index (κ1) is 17.5. The van der Waals surface area contributed by atoms with E-state index in [0.717, 1.165) is 30.8 Å². The molecule has 3 heterocycles. The molecule has 3 aromatic rings. The molecular formula is C20H23N5O2. The number of aromatic amines is 1. The Morgan fingerprint density at radius 1 is 1.30 bits per heavy atom. The number of likely N-dealkylation sites (tertiary alicyclic amines) is 1. The van der Waals surface area contributed by atoms with E-state index in [1.807, 2.05) is 17.9 Å². The lowest BCUT2D eigenvalue weighted by molar-refractivity contribution is 0.100. The lowest BCUT2D eigenvalue weighted by Crippen LogP contribution is -2.33. The van der Waals surface area contributed by atoms with Crippen LogP contribution in [0.3, 0.4) is 0 Å². The van der Waals surface area contributed by atoms with E-state index in [1.54, 1.807) is 24.3 Å². The highest BCUT2D eigenvalue weighted by Crippen LogP contribution is 2.30. The lowest BCUT2D eigenvalue weighted by atomic mass is 9.99. The Morgan fingerprint density at radius 3 is 2.89 bits per heavy atom. The highest BCUT2D eigenvalue weighted by molar-refractivity contribution is 5.96. The summed E-state index contributed by atoms with van der Waals surface area (Å²) in [7, 11) is 1.93. The molecule has 1 fully saturated rings. The van der Waals surface area contributed by atoms with E-state index in [1.165, 1.54) is 6.42 Å². The molecule has 4 rings (SSSR count). The highest BCUT2D eigenvalue weighted by Gasteiger charge is 2.26. The third kappa shape index (κ3) is 3.50. The average molecular weight is 365 g/mol. The monoisotopic (exact) mass is 365 g/mol. The smallest absolute Gasteiger partial charge is 0.248 e. The first-order valence-electron chi connectivity index (χ1n) is 9.20. The maximum atomic E-state index is 12.6. The van der Waals surface area contributed by atoms with E-state index in [0.29, 0.717) is 23.0 Å². The summed E-state index contributed by atoms with van der Waals surface area (Å²) in [5, 5.41) is 5.06. The van der Waals surface area contributed by atoms with Crippen LogP contribution in [0.2, 0.25) is 0 Å². The van der Waals surface area contributed by atoms with Crippen molar-refractivity contribution in [2.75, 3.05) is 6.54 Å². The molecule has 0 unspecified atom stereocenters. The van der Waals surface area contributed by atoms with Gasteiger partial charge in [0.15, 0.2) is 5.43 Å². The summed E-state index contributed by atoms with van der Waals surface area (Å²) in [6, 6.07) is 8.89. The summed E-state index contributed by atoms with van der Waals surface area (Å²) in [5.74, 6) is -0.535. The number of amides is 1. The van der Waals surface area contributed by atoms with Gasteiger partial charge in [0.25, 0.3) is 0 Å². The molecule has 2 aromatic heterocycles. The Labute approximate surface area is 156 Å². The van der Waals surface area contributed by atoms with Gasteiger partial charge in [0.2, 0.25) is 5.91 Å². The predicted molar refractivity (Wildman–Crippen MR) is 103 cm³/mol. The van der Waals surface area contributed by atoms with E-state index in [-0.39, 0.29) is 11.5 Å². The molecule has 0 aliphatic carbocycles. The molecule has 1 saturated heterocycles. The minimum Gasteiger partial charge on any atom is -0.366 e. The van der Waals surface area contributed by atoms with Crippen LogP contribution in [0.4, 0.5) is 0 Å². The van der Waals surface area contributed by atoms with E-state index in [9.17, 15) is 9.59 Å². The van der Waals surface area contributed by atoms with Crippen LogP contribution in [-0.2, 0) is 13.6 Å². The fraction of sp³-hybridized carbons (Fsp3) is 0.350. The fourth-order valence-electron chi connectivity index (χ4n) is 3.89. The van der Waals surface area contributed by atoms with Crippen LogP contribution in [0.5, 0.6) is 0 Å². The van der Waals surface area contributed by atoms with E-state index in [4.69, 9.17) is 5.73 Å². The number of nitrogens with one attached hydrogen (secondary N) is 1. The molecule has 0 spiro atoms. The maximum absolute atomic E-state index is 12.6. The number of aryl methyl sites for hydroxylation is 1. The molecule has 3 N–H and O–H groups in total. The number of carbonyl (C=O) groups is 1. The molecule has 1 aliphatic rings. The van der Waals surface area contributed by atoms with Crippen molar-refractivity contribution in [3.05, 3.63) is 63.7 Å². The van der Waals surface area contributed by atoms with Crippen LogP contribution >= 0.6 is 0 Å². The van der Waals surface area contributed by atoms with Crippen molar-refractivity contribution >= 4 is 16.8 Å². The fourth-order valence-corrected chi connectivity index (χ4v) is 3.89. The second kappa shape index (κ2) is 7.00. The first-order chi connectivity index (χ1) is 13.0. The van der Waals surface area contributed by atoms with Crippen molar-refractivity contribution in [2.45, 2.75) is 31.8 Å². The van der Waals surface area contributed by atoms with Gasteiger partial charge in [-0.3, -0.25) is 19.2 Å². The Hall–Kier alpha value is -2.93. The summed E-state index contributed by atoms with van der Waals surface area (Å²) >= 11 is 0. The van der Waals surface area contributed by atoms with Crippen molar-refractivity contribution in [2.24, 2.45) is 12.8 Å². The van der Waals surface area contributed by atoms with Gasteiger partial charge in [0.05, 0.1) is 11.7 Å². The molecule has 0 saturated carbocycles. The second-order valence-electron chi connectivity index (χ2n) is 7.18. The second-order valence-corrected chi connectivity index (χ2v) is 7.18. The molecular weight excluding hydrogens is 342 g/mol. The van der Waals surface area contributed by atoms with E-state index < -0.39 is 5.91 Å². The maximum Gasteiger partial charge on any atom is 0.248 e. The van der Waals surface area contributed by atoms with Gasteiger partial charge in [-0.25, -0.2) is 0 Å². The number of carbonyl (C=O) groups excluding carboxylic acids is 1. The van der Waals surface area contributed by atoms with Gasteiger partial charge < -0.3 is 10.7 Å². The van der Waals surface area contributed by atoms with Crippen molar-refractivity contribution < 1.29 is 4.79 Å². The standard InChI is InChI=1S/C20H23N5O2/c1-24-9-7-17(23-24)18-4-2-3-8-25(18)12-14-11-19(26)15-10-13(20(21)27)5-6-16(15)22-14/h5-7,9-11,18H,2-4,8,12H2,1H3,(H2,21,27)(H,22,26)/t18-/m0/s1. The highest BCUT2D eigenvalue weighted by atomic mass is 16.1. The van der Waals surface area contributed by atoms with Gasteiger partial charge in [-0.2, -0.15) is 5.10 Å². The number of nitrogens with zero attached hydrogens (tertiary/aromatic N) is 3. The SMILES string of the molecule is Cn1ccc([C@@H]2CCCCN2Cc2cc(=O)c3cc(C(N)=O)ccc3[nH]2)n1. The van der Waals surface area contributed by atoms with Crippen molar-refractivity contribution in [1.29, 1.82) is 0 Å². The zero-order valence-electron chi connectivity index (χ0n) is 15.3. The molecule has 27 heavy (non-hydrogen) atoms. The molecule has 7 heteroatoms. The molecule has 7 nitrogen and oxygen atoms in total. The molecule has 1 amide bonds. The van der Waals surface area contributed by atoms with Gasteiger partial charge in [0, 0.05) is 48.0 Å². The summed E-state index contributed by atoms with van der Waals surface area (Å²) in [5.41, 5.74) is 8.21. The van der Waals surface area contributed by atoms with Crippen LogP contribution < -0.4 is 11.2 Å². The Balaban J connectivity index is 1.64. The van der Waals surface area contributed by atoms with Gasteiger partial charge in [-0.15, -0.1) is 0 Å². The largest absolute Gasteiger partial charge is 0.366 e. The zero-order valence-corrected chi connectivity index (χ0v) is 15.3. The number of piperidine rings is 1. The van der Waals surface area contributed by atoms with Crippen molar-refractivity contribution in [3.8, 4) is 0 Å². The number of pyridine rings is 1. The van der Waals surface area contributed by atoms with Crippen LogP contribution in [0.25, 0.3) is 10.9 Å². The Kier molecular flexibility index (Phi) is 4.53. The number of benzene rings is 1. The Morgan fingerprint density at radius 2 is 2.15 bits per heavy atom. The zero-order chi connectivity index (χ0) is 19.0. The van der Waals surface area contributed by atoms with Crippen molar-refractivity contribution in [1.82, 2.24) is 19.7 Å². The van der Waals surface area contributed by atoms with E-state index >= 15 is 0 Å². The predicted octanol–water partition coefficient (Wildman–Crippen LogP) is 2.09. The van der Waals surface area contributed by atoms with Crippen LogP contribution in [0.15, 0.2) is 41.3 Å². The van der Waals surface area contributed by atoms with Gasteiger partial charge in [-0.1, -0.05) is 6.42 Å². The number of hydrogen-bond acceptors (Lipinski definition) is 4. The van der Waals surface area contributed by atoms with Crippen molar-refractivity contribution in [3.63, 3.8) is 0 Å². The molecule has 1 aliphatic heterocycles. The minimum absolute atomic E-state index is 0.103. The summed E-state index contributed by atoms with van der Waals surface area (Å²) in [6.07, 6.45) is 5.36. The number of aromatic nitrogens is 3. The molecule has 1 atom stereocenters. The van der Waals surface area contributed by atoms with Gasteiger partial charge in [0.1, 0.15) is 0 Å². The third-order valence-electron chi connectivity index (χ3n) is 5.23. The van der Waals surface area contributed by atoms with Gasteiger partial charge >= 0.3 is 0 Å². The number of primary amides is 1. The summed E-state index contributed by atoms with van der Waals surface area (Å²) in [4.78, 5) is 29.6. The first-order valence-corrected chi connectivity index (χ1v) is 9.20. The molecule has 0 radical (unpaired) electrons. The van der Waals surface area contributed by atoms with Gasteiger partial charge in [-0.05, 0) is 43.7 Å². The lowest BCUT2D eigenvalue weighted by Gasteiger charge is -2.34. The average Bonchev–Trinajstić information content (AvgIpc) is 3.08. The number of rotatable bonds is 4. The van der Waals surface area contributed by atoms with Crippen LogP contribution in [0, 0.1) is 0 Å². The number of H-pyrrole nitrogens is 1. The van der Waals surface area contributed by atoms with E-state index in [2.05, 4.69) is 21.0 Å². The third-order valence-corrected chi connectivity index (χ3v) is 5.23. The van der Waals surface area contributed by atoms with Crippen LogP contribution in [-0.4, -0.2) is 32.1 Å². The summed E-state index contributed by atoms with van der Waals surface area (Å²) in [6.45, 7) is 1.63. The number of nitrogens with two attached hydrogens (primary N) is 1. The molecule has 1 aromatic carbocycles. The summed E-state index contributed by atoms with van der Waals surface area (Å²) < 4.78 is 1.83. The molecule has 0 bridgehead atoms.